The molecule has 0 radical (unpaired) electrons. The molecule has 2 N–H and O–H groups in total. The first-order valence-corrected chi connectivity index (χ1v) is 6.47. The van der Waals surface area contributed by atoms with E-state index in [1.54, 1.807) is 12.4 Å². The van der Waals surface area contributed by atoms with Crippen molar-refractivity contribution in [3.63, 3.8) is 0 Å². The molecule has 0 aromatic carbocycles. The fourth-order valence-corrected chi connectivity index (χ4v) is 1.81. The second kappa shape index (κ2) is 5.81. The summed E-state index contributed by atoms with van der Waals surface area (Å²) >= 11 is 3.43. The van der Waals surface area contributed by atoms with Crippen LogP contribution < -0.4 is 10.6 Å². The largest absolute Gasteiger partial charge is 0.363 e. The number of nitrogens with zero attached hydrogens (tertiary/aromatic N) is 4. The number of halogens is 1. The molecule has 0 aliphatic heterocycles. The van der Waals surface area contributed by atoms with Gasteiger partial charge >= 0.3 is 0 Å². The van der Waals surface area contributed by atoms with E-state index in [0.29, 0.717) is 12.5 Å². The van der Waals surface area contributed by atoms with Crippen molar-refractivity contribution in [3.05, 3.63) is 28.6 Å². The first kappa shape index (κ1) is 12.8. The maximum atomic E-state index is 4.38. The lowest BCUT2D eigenvalue weighted by atomic mass is 10.4. The molecule has 0 atom stereocenters. The lowest BCUT2D eigenvalue weighted by Crippen LogP contribution is -2.09. The van der Waals surface area contributed by atoms with Crippen LogP contribution in [0.3, 0.4) is 0 Å². The molecule has 7 heteroatoms. The van der Waals surface area contributed by atoms with Crippen LogP contribution in [0.5, 0.6) is 0 Å². The van der Waals surface area contributed by atoms with Gasteiger partial charge in [-0.3, -0.25) is 4.68 Å². The number of nitrogens with one attached hydrogen (secondary N) is 2. The Morgan fingerprint density at radius 2 is 2.22 bits per heavy atom. The highest BCUT2D eigenvalue weighted by atomic mass is 79.9. The van der Waals surface area contributed by atoms with Crippen LogP contribution >= 0.6 is 15.9 Å². The SMILES string of the molecule is CCNc1ncc(Br)c(NCc2ccnn2C)n1. The lowest BCUT2D eigenvalue weighted by Gasteiger charge is -2.09. The Kier molecular flexibility index (Phi) is 4.14. The van der Waals surface area contributed by atoms with Gasteiger partial charge in [0.05, 0.1) is 16.7 Å². The van der Waals surface area contributed by atoms with Gasteiger partial charge < -0.3 is 10.6 Å². The van der Waals surface area contributed by atoms with Crippen LogP contribution in [0, 0.1) is 0 Å². The molecule has 0 fully saturated rings. The van der Waals surface area contributed by atoms with Gasteiger partial charge in [-0.2, -0.15) is 10.1 Å². The molecule has 0 saturated heterocycles. The van der Waals surface area contributed by atoms with E-state index in [1.165, 1.54) is 0 Å². The number of aryl methyl sites for hydroxylation is 1. The molecule has 0 saturated carbocycles. The van der Waals surface area contributed by atoms with Crippen molar-refractivity contribution in [3.8, 4) is 0 Å². The molecule has 0 bridgehead atoms. The summed E-state index contributed by atoms with van der Waals surface area (Å²) in [5.74, 6) is 1.38. The van der Waals surface area contributed by atoms with Gasteiger partial charge in [0.15, 0.2) is 0 Å². The Labute approximate surface area is 114 Å². The van der Waals surface area contributed by atoms with Crippen molar-refractivity contribution in [2.45, 2.75) is 13.5 Å². The zero-order valence-electron chi connectivity index (χ0n) is 10.3. The van der Waals surface area contributed by atoms with Crippen LogP contribution in [0.1, 0.15) is 12.6 Å². The standard InChI is InChI=1S/C11H15BrN6/c1-3-13-11-15-7-9(12)10(17-11)14-6-8-4-5-16-18(8)2/h4-5,7H,3,6H2,1-2H3,(H2,13,14,15,17). The lowest BCUT2D eigenvalue weighted by molar-refractivity contribution is 0.719. The Balaban J connectivity index is 2.08. The minimum atomic E-state index is 0.619. The minimum Gasteiger partial charge on any atom is -0.363 e. The smallest absolute Gasteiger partial charge is 0.224 e. The third-order valence-corrected chi connectivity index (χ3v) is 3.02. The fourth-order valence-electron chi connectivity index (χ4n) is 1.48. The Morgan fingerprint density at radius 3 is 2.89 bits per heavy atom. The quantitative estimate of drug-likeness (QED) is 0.884. The molecule has 6 nitrogen and oxygen atoms in total. The van der Waals surface area contributed by atoms with E-state index in [0.717, 1.165) is 22.5 Å². The van der Waals surface area contributed by atoms with E-state index in [-0.39, 0.29) is 0 Å². The van der Waals surface area contributed by atoms with Crippen molar-refractivity contribution >= 4 is 27.7 Å². The van der Waals surface area contributed by atoms with E-state index >= 15 is 0 Å². The van der Waals surface area contributed by atoms with Gasteiger partial charge in [-0.1, -0.05) is 0 Å². The third-order valence-electron chi connectivity index (χ3n) is 2.44. The predicted octanol–water partition coefficient (Wildman–Crippen LogP) is 2.02. The summed E-state index contributed by atoms with van der Waals surface area (Å²) in [4.78, 5) is 8.55. The van der Waals surface area contributed by atoms with Crippen molar-refractivity contribution in [1.29, 1.82) is 0 Å². The molecule has 2 aromatic rings. The topological polar surface area (TPSA) is 67.7 Å². The summed E-state index contributed by atoms with van der Waals surface area (Å²) in [6.07, 6.45) is 3.51. The Hall–Kier alpha value is -1.63. The summed E-state index contributed by atoms with van der Waals surface area (Å²) in [5.41, 5.74) is 1.09. The average molecular weight is 311 g/mol. The summed E-state index contributed by atoms with van der Waals surface area (Å²) < 4.78 is 2.67. The number of hydrogen-bond donors (Lipinski definition) is 2. The summed E-state index contributed by atoms with van der Waals surface area (Å²) in [6, 6.07) is 1.97. The Bertz CT molecular complexity index is 524. The normalized spacial score (nSPS) is 10.4. The van der Waals surface area contributed by atoms with E-state index in [1.807, 2.05) is 24.7 Å². The van der Waals surface area contributed by atoms with Crippen LogP contribution in [-0.4, -0.2) is 26.3 Å². The summed E-state index contributed by atoms with van der Waals surface area (Å²) in [5, 5.41) is 10.5. The van der Waals surface area contributed by atoms with Gasteiger partial charge in [0.25, 0.3) is 0 Å². The van der Waals surface area contributed by atoms with E-state index in [4.69, 9.17) is 0 Å². The van der Waals surface area contributed by atoms with E-state index < -0.39 is 0 Å². The van der Waals surface area contributed by atoms with Crippen molar-refractivity contribution in [1.82, 2.24) is 19.7 Å². The number of aromatic nitrogens is 4. The van der Waals surface area contributed by atoms with Crippen molar-refractivity contribution in [2.24, 2.45) is 7.05 Å². The van der Waals surface area contributed by atoms with Gasteiger partial charge in [0, 0.05) is 26.0 Å². The van der Waals surface area contributed by atoms with Crippen molar-refractivity contribution < 1.29 is 0 Å². The zero-order chi connectivity index (χ0) is 13.0. The van der Waals surface area contributed by atoms with Gasteiger partial charge in [-0.15, -0.1) is 0 Å². The summed E-state index contributed by atoms with van der Waals surface area (Å²) in [7, 11) is 1.91. The monoisotopic (exact) mass is 310 g/mol. The highest BCUT2D eigenvalue weighted by molar-refractivity contribution is 9.10. The molecule has 2 rings (SSSR count). The molecule has 2 heterocycles. The molecule has 96 valence electrons. The average Bonchev–Trinajstić information content (AvgIpc) is 2.76. The van der Waals surface area contributed by atoms with Crippen LogP contribution in [-0.2, 0) is 13.6 Å². The molecule has 0 aliphatic carbocycles. The first-order chi connectivity index (χ1) is 8.70. The van der Waals surface area contributed by atoms with Crippen LogP contribution in [0.15, 0.2) is 22.9 Å². The van der Waals surface area contributed by atoms with Gasteiger partial charge in [0.2, 0.25) is 5.95 Å². The van der Waals surface area contributed by atoms with Crippen LogP contribution in [0.4, 0.5) is 11.8 Å². The summed E-state index contributed by atoms with van der Waals surface area (Å²) in [6.45, 7) is 3.47. The Morgan fingerprint density at radius 1 is 1.39 bits per heavy atom. The minimum absolute atomic E-state index is 0.619. The highest BCUT2D eigenvalue weighted by Gasteiger charge is 2.05. The second-order valence-electron chi connectivity index (χ2n) is 3.72. The highest BCUT2D eigenvalue weighted by Crippen LogP contribution is 2.20. The van der Waals surface area contributed by atoms with E-state index in [2.05, 4.69) is 41.6 Å². The fraction of sp³-hybridized carbons (Fsp3) is 0.364. The maximum Gasteiger partial charge on any atom is 0.224 e. The third kappa shape index (κ3) is 2.98. The molecule has 0 unspecified atom stereocenters. The maximum absolute atomic E-state index is 4.38. The molecular weight excluding hydrogens is 296 g/mol. The van der Waals surface area contributed by atoms with Crippen LogP contribution in [0.25, 0.3) is 0 Å². The van der Waals surface area contributed by atoms with Gasteiger partial charge in [-0.25, -0.2) is 4.98 Å². The number of anilines is 2. The van der Waals surface area contributed by atoms with Crippen molar-refractivity contribution in [2.75, 3.05) is 17.2 Å². The number of hydrogen-bond acceptors (Lipinski definition) is 5. The molecular formula is C11H15BrN6. The first-order valence-electron chi connectivity index (χ1n) is 5.68. The zero-order valence-corrected chi connectivity index (χ0v) is 11.9. The van der Waals surface area contributed by atoms with Gasteiger partial charge in [-0.05, 0) is 28.9 Å². The number of rotatable bonds is 5. The molecule has 18 heavy (non-hydrogen) atoms. The predicted molar refractivity (Wildman–Crippen MR) is 74.4 cm³/mol. The molecule has 0 amide bonds. The molecule has 2 aromatic heterocycles. The van der Waals surface area contributed by atoms with E-state index in [9.17, 15) is 0 Å². The van der Waals surface area contributed by atoms with Gasteiger partial charge in [0.1, 0.15) is 5.82 Å². The molecule has 0 spiro atoms. The van der Waals surface area contributed by atoms with Crippen LogP contribution in [0.2, 0.25) is 0 Å². The second-order valence-corrected chi connectivity index (χ2v) is 4.57. The molecule has 0 aliphatic rings.